The first-order chi connectivity index (χ1) is 9.61. The van der Waals surface area contributed by atoms with Gasteiger partial charge in [-0.2, -0.15) is 11.8 Å². The molecule has 1 aromatic heterocycles. The van der Waals surface area contributed by atoms with Crippen LogP contribution in [0.4, 0.5) is 11.6 Å². The second-order valence-corrected chi connectivity index (χ2v) is 6.84. The number of aromatic nitrogens is 2. The Morgan fingerprint density at radius 2 is 2.05 bits per heavy atom. The maximum absolute atomic E-state index is 4.73. The molecule has 0 amide bonds. The van der Waals surface area contributed by atoms with Gasteiger partial charge in [-0.1, -0.05) is 20.8 Å². The van der Waals surface area contributed by atoms with E-state index in [1.54, 1.807) is 0 Å². The number of rotatable bonds is 6. The van der Waals surface area contributed by atoms with Crippen molar-refractivity contribution in [1.29, 1.82) is 0 Å². The molecule has 4 nitrogen and oxygen atoms in total. The Hall–Kier alpha value is -0.970. The lowest BCUT2D eigenvalue weighted by Crippen LogP contribution is -2.21. The van der Waals surface area contributed by atoms with Crippen LogP contribution in [0.1, 0.15) is 50.9 Å². The van der Waals surface area contributed by atoms with Crippen molar-refractivity contribution >= 4 is 23.4 Å². The predicted octanol–water partition coefficient (Wildman–Crippen LogP) is 3.65. The van der Waals surface area contributed by atoms with Crippen LogP contribution in [-0.4, -0.2) is 34.1 Å². The maximum atomic E-state index is 4.73. The van der Waals surface area contributed by atoms with E-state index in [4.69, 9.17) is 4.98 Å². The molecular formula is C15H26N4S. The van der Waals surface area contributed by atoms with Crippen LogP contribution in [0.15, 0.2) is 0 Å². The van der Waals surface area contributed by atoms with Crippen molar-refractivity contribution in [2.24, 2.45) is 0 Å². The topological polar surface area (TPSA) is 49.8 Å². The largest absolute Gasteiger partial charge is 0.370 e. The monoisotopic (exact) mass is 294 g/mol. The first kappa shape index (κ1) is 15.4. The molecule has 0 aromatic carbocycles. The summed E-state index contributed by atoms with van der Waals surface area (Å²) in [5.74, 6) is 5.69. The fourth-order valence-electron chi connectivity index (χ4n) is 2.19. The fraction of sp³-hybridized carbons (Fsp3) is 0.733. The molecule has 2 N–H and O–H groups in total. The molecule has 0 saturated carbocycles. The van der Waals surface area contributed by atoms with E-state index in [0.29, 0.717) is 12.0 Å². The van der Waals surface area contributed by atoms with Gasteiger partial charge in [-0.3, -0.25) is 0 Å². The smallest absolute Gasteiger partial charge is 0.135 e. The highest BCUT2D eigenvalue weighted by Crippen LogP contribution is 2.26. The Balaban J connectivity index is 2.24. The lowest BCUT2D eigenvalue weighted by molar-refractivity contribution is 0.756. The van der Waals surface area contributed by atoms with Crippen LogP contribution in [0.25, 0.3) is 0 Å². The van der Waals surface area contributed by atoms with Crippen LogP contribution in [-0.2, 0) is 0 Å². The first-order valence-corrected chi connectivity index (χ1v) is 8.74. The third-order valence-corrected chi connectivity index (χ3v) is 4.65. The van der Waals surface area contributed by atoms with Crippen LogP contribution in [0.2, 0.25) is 0 Å². The minimum Gasteiger partial charge on any atom is -0.370 e. The molecule has 5 heteroatoms. The molecule has 1 atom stereocenters. The quantitative estimate of drug-likeness (QED) is 0.838. The lowest BCUT2D eigenvalue weighted by Gasteiger charge is -2.19. The van der Waals surface area contributed by atoms with Crippen LogP contribution >= 0.6 is 11.8 Å². The van der Waals surface area contributed by atoms with Gasteiger partial charge in [0, 0.05) is 29.8 Å². The summed E-state index contributed by atoms with van der Waals surface area (Å²) in [4.78, 5) is 9.41. The number of nitrogens with one attached hydrogen (secondary N) is 2. The number of hydrogen-bond acceptors (Lipinski definition) is 5. The Kier molecular flexibility index (Phi) is 5.52. The molecule has 0 spiro atoms. The van der Waals surface area contributed by atoms with Gasteiger partial charge in [0.25, 0.3) is 0 Å². The summed E-state index contributed by atoms with van der Waals surface area (Å²) in [6.45, 7) is 9.51. The Morgan fingerprint density at radius 1 is 1.30 bits per heavy atom. The first-order valence-electron chi connectivity index (χ1n) is 7.58. The molecule has 1 saturated heterocycles. The van der Waals surface area contributed by atoms with Crippen LogP contribution in [0.5, 0.6) is 0 Å². The average Bonchev–Trinajstić information content (AvgIpc) is 2.92. The van der Waals surface area contributed by atoms with Crippen molar-refractivity contribution < 1.29 is 0 Å². The van der Waals surface area contributed by atoms with Crippen molar-refractivity contribution in [1.82, 2.24) is 9.97 Å². The van der Waals surface area contributed by atoms with Crippen molar-refractivity contribution in [3.63, 3.8) is 0 Å². The van der Waals surface area contributed by atoms with Gasteiger partial charge in [0.1, 0.15) is 17.5 Å². The molecule has 0 bridgehead atoms. The molecule has 112 valence electrons. The molecule has 1 fully saturated rings. The summed E-state index contributed by atoms with van der Waals surface area (Å²) in [7, 11) is 0. The Morgan fingerprint density at radius 3 is 2.65 bits per heavy atom. The van der Waals surface area contributed by atoms with Crippen molar-refractivity contribution in [3.05, 3.63) is 11.4 Å². The van der Waals surface area contributed by atoms with E-state index in [-0.39, 0.29) is 0 Å². The van der Waals surface area contributed by atoms with E-state index >= 15 is 0 Å². The highest BCUT2D eigenvalue weighted by molar-refractivity contribution is 7.99. The molecular weight excluding hydrogens is 268 g/mol. The zero-order chi connectivity index (χ0) is 14.5. The summed E-state index contributed by atoms with van der Waals surface area (Å²) in [6, 6.07) is 0.549. The number of hydrogen-bond donors (Lipinski definition) is 2. The normalized spacial score (nSPS) is 18.6. The van der Waals surface area contributed by atoms with Gasteiger partial charge < -0.3 is 10.6 Å². The fourth-order valence-corrected chi connectivity index (χ4v) is 3.34. The summed E-state index contributed by atoms with van der Waals surface area (Å²) >= 11 is 2.01. The van der Waals surface area contributed by atoms with Gasteiger partial charge in [-0.05, 0) is 25.5 Å². The van der Waals surface area contributed by atoms with E-state index in [1.165, 1.54) is 17.9 Å². The number of thioether (sulfide) groups is 1. The maximum Gasteiger partial charge on any atom is 0.135 e. The molecule has 1 aliphatic heterocycles. The molecule has 1 aromatic rings. The van der Waals surface area contributed by atoms with Gasteiger partial charge in [0.2, 0.25) is 0 Å². The molecule has 2 rings (SSSR count). The van der Waals surface area contributed by atoms with E-state index in [2.05, 4.69) is 43.3 Å². The minimum absolute atomic E-state index is 0.344. The molecule has 1 aliphatic rings. The summed E-state index contributed by atoms with van der Waals surface area (Å²) in [5.41, 5.74) is 1.14. The van der Waals surface area contributed by atoms with E-state index in [9.17, 15) is 0 Å². The third kappa shape index (κ3) is 3.78. The predicted molar refractivity (Wildman–Crippen MR) is 89.0 cm³/mol. The zero-order valence-corrected chi connectivity index (χ0v) is 13.8. The lowest BCUT2D eigenvalue weighted by atomic mass is 10.2. The van der Waals surface area contributed by atoms with Crippen molar-refractivity contribution in [3.8, 4) is 0 Å². The van der Waals surface area contributed by atoms with Crippen molar-refractivity contribution in [2.75, 3.05) is 28.7 Å². The second kappa shape index (κ2) is 7.16. The number of anilines is 2. The van der Waals surface area contributed by atoms with E-state index in [1.807, 2.05) is 11.8 Å². The van der Waals surface area contributed by atoms with Crippen LogP contribution in [0, 0.1) is 6.92 Å². The summed E-state index contributed by atoms with van der Waals surface area (Å²) in [6.07, 6.45) is 2.32. The Labute approximate surface area is 126 Å². The van der Waals surface area contributed by atoms with Gasteiger partial charge in [-0.25, -0.2) is 9.97 Å². The zero-order valence-electron chi connectivity index (χ0n) is 13.0. The standard InChI is InChI=1S/C15H26N4S/c1-5-7-16-14-11(4)15(17-12-6-8-20-9-12)19-13(18-14)10(2)3/h10,12H,5-9H2,1-4H3,(H2,16,17,18,19). The van der Waals surface area contributed by atoms with Crippen LogP contribution in [0.3, 0.4) is 0 Å². The summed E-state index contributed by atoms with van der Waals surface area (Å²) in [5, 5.41) is 7.04. The van der Waals surface area contributed by atoms with Gasteiger partial charge >= 0.3 is 0 Å². The number of nitrogens with zero attached hydrogens (tertiary/aromatic N) is 2. The minimum atomic E-state index is 0.344. The molecule has 20 heavy (non-hydrogen) atoms. The van der Waals surface area contributed by atoms with Gasteiger partial charge in [0.15, 0.2) is 0 Å². The van der Waals surface area contributed by atoms with Gasteiger partial charge in [-0.15, -0.1) is 0 Å². The second-order valence-electron chi connectivity index (χ2n) is 5.69. The highest BCUT2D eigenvalue weighted by atomic mass is 32.2. The SMILES string of the molecule is CCCNc1nc(C(C)C)nc(NC2CCSC2)c1C. The molecule has 1 unspecified atom stereocenters. The van der Waals surface area contributed by atoms with Gasteiger partial charge in [0.05, 0.1) is 0 Å². The van der Waals surface area contributed by atoms with Crippen molar-refractivity contribution in [2.45, 2.75) is 52.5 Å². The third-order valence-electron chi connectivity index (χ3n) is 3.49. The van der Waals surface area contributed by atoms with Crippen LogP contribution < -0.4 is 10.6 Å². The Bertz CT molecular complexity index is 442. The highest BCUT2D eigenvalue weighted by Gasteiger charge is 2.19. The molecule has 0 aliphatic carbocycles. The van der Waals surface area contributed by atoms with E-state index < -0.39 is 0 Å². The molecule has 0 radical (unpaired) electrons. The van der Waals surface area contributed by atoms with E-state index in [0.717, 1.165) is 36.0 Å². The summed E-state index contributed by atoms with van der Waals surface area (Å²) < 4.78 is 0. The molecule has 2 heterocycles. The average molecular weight is 294 g/mol.